The maximum absolute atomic E-state index is 5.20. The first kappa shape index (κ1) is 35.2. The minimum absolute atomic E-state index is 0.717. The molecule has 0 aliphatic carbocycles. The summed E-state index contributed by atoms with van der Waals surface area (Å²) in [6.45, 7) is 0. The summed E-state index contributed by atoms with van der Waals surface area (Å²) in [5.41, 5.74) is 12.3. The molecule has 2 nitrogen and oxygen atoms in total. The Morgan fingerprint density at radius 3 is 1.57 bits per heavy atom. The van der Waals surface area contributed by atoms with Gasteiger partial charge in [0.2, 0.25) is 0 Å². The molecule has 0 radical (unpaired) electrons. The molecular formula is C58H36N2S. The molecule has 0 N–H and O–H groups in total. The smallest absolute Gasteiger partial charge is 0.160 e. The van der Waals surface area contributed by atoms with E-state index in [1.54, 1.807) is 0 Å². The summed E-state index contributed by atoms with van der Waals surface area (Å²) in [5, 5.41) is 10.1. The molecule has 0 saturated carbocycles. The van der Waals surface area contributed by atoms with Crippen LogP contribution in [0.5, 0.6) is 0 Å². The van der Waals surface area contributed by atoms with Crippen molar-refractivity contribution < 1.29 is 0 Å². The second-order valence-electron chi connectivity index (χ2n) is 15.6. The lowest BCUT2D eigenvalue weighted by Crippen LogP contribution is -1.96. The molecular weight excluding hydrogens is 757 g/mol. The molecule has 0 aliphatic heterocycles. The lowest BCUT2D eigenvalue weighted by atomic mass is 9.84. The van der Waals surface area contributed by atoms with Crippen LogP contribution in [0.2, 0.25) is 0 Å². The van der Waals surface area contributed by atoms with Crippen molar-refractivity contribution in [2.45, 2.75) is 0 Å². The predicted octanol–water partition coefficient (Wildman–Crippen LogP) is 16.3. The van der Waals surface area contributed by atoms with Crippen molar-refractivity contribution in [3.05, 3.63) is 218 Å². The highest BCUT2D eigenvalue weighted by Gasteiger charge is 2.19. The molecule has 0 unspecified atom stereocenters. The van der Waals surface area contributed by atoms with Gasteiger partial charge < -0.3 is 0 Å². The van der Waals surface area contributed by atoms with Crippen molar-refractivity contribution in [3.63, 3.8) is 0 Å². The van der Waals surface area contributed by atoms with E-state index in [4.69, 9.17) is 9.97 Å². The summed E-state index contributed by atoms with van der Waals surface area (Å²) in [4.78, 5) is 10.4. The second kappa shape index (κ2) is 14.5. The van der Waals surface area contributed by atoms with Crippen LogP contribution in [0.3, 0.4) is 0 Å². The Kier molecular flexibility index (Phi) is 8.39. The van der Waals surface area contributed by atoms with Crippen molar-refractivity contribution in [2.24, 2.45) is 0 Å². The van der Waals surface area contributed by atoms with E-state index < -0.39 is 0 Å². The third-order valence-corrected chi connectivity index (χ3v) is 13.2. The van der Waals surface area contributed by atoms with Gasteiger partial charge in [-0.2, -0.15) is 0 Å². The fourth-order valence-electron chi connectivity index (χ4n) is 9.26. The zero-order chi connectivity index (χ0) is 40.3. The van der Waals surface area contributed by atoms with Gasteiger partial charge in [-0.1, -0.05) is 200 Å². The second-order valence-corrected chi connectivity index (χ2v) is 16.7. The quantitative estimate of drug-likeness (QED) is 0.124. The number of nitrogens with zero attached hydrogens (tertiary/aromatic N) is 2. The van der Waals surface area contributed by atoms with Crippen molar-refractivity contribution in [1.82, 2.24) is 9.97 Å². The molecule has 0 aliphatic rings. The molecule has 12 aromatic rings. The van der Waals surface area contributed by atoms with Gasteiger partial charge in [-0.05, 0) is 83.9 Å². The normalized spacial score (nSPS) is 11.6. The van der Waals surface area contributed by atoms with Crippen molar-refractivity contribution in [1.29, 1.82) is 0 Å². The van der Waals surface area contributed by atoms with Gasteiger partial charge in [0.25, 0.3) is 0 Å². The van der Waals surface area contributed by atoms with Crippen LogP contribution in [-0.2, 0) is 0 Å². The largest absolute Gasteiger partial charge is 0.228 e. The van der Waals surface area contributed by atoms with Gasteiger partial charge in [-0.15, -0.1) is 11.3 Å². The summed E-state index contributed by atoms with van der Waals surface area (Å²) in [6, 6.07) is 78.7. The molecule has 3 heteroatoms. The van der Waals surface area contributed by atoms with Crippen molar-refractivity contribution in [2.75, 3.05) is 0 Å². The van der Waals surface area contributed by atoms with Crippen LogP contribution in [0.15, 0.2) is 218 Å². The Balaban J connectivity index is 0.960. The number of thiophene rings is 1. The Bertz CT molecular complexity index is 3610. The van der Waals surface area contributed by atoms with Gasteiger partial charge in [-0.3, -0.25) is 0 Å². The zero-order valence-electron chi connectivity index (χ0n) is 33.1. The van der Waals surface area contributed by atoms with E-state index in [2.05, 4.69) is 200 Å². The first-order valence-electron chi connectivity index (χ1n) is 20.7. The maximum Gasteiger partial charge on any atom is 0.160 e. The number of benzene rings is 10. The van der Waals surface area contributed by atoms with Crippen LogP contribution in [-0.4, -0.2) is 9.97 Å². The minimum atomic E-state index is 0.717. The first-order valence-corrected chi connectivity index (χ1v) is 21.5. The summed E-state index contributed by atoms with van der Waals surface area (Å²) in [7, 11) is 0. The molecule has 2 heterocycles. The SMILES string of the molecule is c1ccc(-c2nc(-c3ccc(-c4ccc(-c5c6ccccc6c(-c6ccccc6)c6ccc7ccccc7c56)cc4)cc3)cc(-c3cccc4sc5ccccc5c34)n2)cc1. The fourth-order valence-corrected chi connectivity index (χ4v) is 10.4. The molecule has 2 aromatic heterocycles. The molecule has 0 saturated heterocycles. The molecule has 0 amide bonds. The summed E-state index contributed by atoms with van der Waals surface area (Å²) < 4.78 is 2.54. The molecule has 61 heavy (non-hydrogen) atoms. The highest BCUT2D eigenvalue weighted by atomic mass is 32.1. The predicted molar refractivity (Wildman–Crippen MR) is 260 cm³/mol. The first-order chi connectivity index (χ1) is 30.2. The Hall–Kier alpha value is -7.72. The Labute approximate surface area is 357 Å². The third-order valence-electron chi connectivity index (χ3n) is 12.1. The monoisotopic (exact) mass is 792 g/mol. The molecule has 0 fully saturated rings. The molecule has 0 atom stereocenters. The number of hydrogen-bond acceptors (Lipinski definition) is 3. The van der Waals surface area contributed by atoms with E-state index in [-0.39, 0.29) is 0 Å². The van der Waals surface area contributed by atoms with E-state index in [0.717, 1.165) is 33.6 Å². The van der Waals surface area contributed by atoms with Crippen LogP contribution in [0.25, 0.3) is 120 Å². The maximum atomic E-state index is 5.20. The van der Waals surface area contributed by atoms with Gasteiger partial charge in [0, 0.05) is 36.9 Å². The average molecular weight is 793 g/mol. The van der Waals surface area contributed by atoms with Gasteiger partial charge in [-0.25, -0.2) is 9.97 Å². The summed E-state index contributed by atoms with van der Waals surface area (Å²) in [6.07, 6.45) is 0. The summed E-state index contributed by atoms with van der Waals surface area (Å²) in [5.74, 6) is 0.717. The van der Waals surface area contributed by atoms with Crippen LogP contribution in [0, 0.1) is 0 Å². The number of aromatic nitrogens is 2. The van der Waals surface area contributed by atoms with E-state index >= 15 is 0 Å². The molecule has 0 bridgehead atoms. The van der Waals surface area contributed by atoms with Gasteiger partial charge in [0.05, 0.1) is 11.4 Å². The number of rotatable bonds is 6. The molecule has 10 aromatic carbocycles. The Morgan fingerprint density at radius 2 is 0.836 bits per heavy atom. The van der Waals surface area contributed by atoms with Crippen LogP contribution < -0.4 is 0 Å². The van der Waals surface area contributed by atoms with Crippen LogP contribution in [0.4, 0.5) is 0 Å². The van der Waals surface area contributed by atoms with Gasteiger partial charge >= 0.3 is 0 Å². The number of fused-ring (bicyclic) bond motifs is 7. The van der Waals surface area contributed by atoms with Gasteiger partial charge in [0.15, 0.2) is 5.82 Å². The zero-order valence-corrected chi connectivity index (χ0v) is 33.9. The topological polar surface area (TPSA) is 25.8 Å². The summed E-state index contributed by atoms with van der Waals surface area (Å²) >= 11 is 1.83. The Morgan fingerprint density at radius 1 is 0.295 bits per heavy atom. The van der Waals surface area contributed by atoms with E-state index in [0.29, 0.717) is 5.82 Å². The molecule has 284 valence electrons. The fraction of sp³-hybridized carbons (Fsp3) is 0. The highest BCUT2D eigenvalue weighted by Crippen LogP contribution is 2.47. The van der Waals surface area contributed by atoms with E-state index in [9.17, 15) is 0 Å². The van der Waals surface area contributed by atoms with Gasteiger partial charge in [0.1, 0.15) is 0 Å². The van der Waals surface area contributed by atoms with Crippen molar-refractivity contribution in [3.8, 4) is 67.3 Å². The molecule has 0 spiro atoms. The third kappa shape index (κ3) is 6.01. The highest BCUT2D eigenvalue weighted by molar-refractivity contribution is 7.25. The van der Waals surface area contributed by atoms with Crippen molar-refractivity contribution >= 4 is 63.8 Å². The molecule has 12 rings (SSSR count). The lowest BCUT2D eigenvalue weighted by Gasteiger charge is -2.19. The van der Waals surface area contributed by atoms with E-state index in [1.807, 2.05) is 29.5 Å². The standard InChI is InChI=1S/C58H36N2S/c1-3-15-41(16-4-1)54-45-20-9-10-21-46(45)55(57-44-19-8-7-14-39(44)34-35-49(54)57)42-32-28-38(29-33-42)37-26-30-40(31-27-37)50-36-51(60-58(59-50)43-17-5-2-6-18-43)47-23-13-25-53-56(47)48-22-11-12-24-52(48)61-53/h1-36H. The lowest BCUT2D eigenvalue weighted by molar-refractivity contribution is 1.19. The van der Waals surface area contributed by atoms with Crippen LogP contribution >= 0.6 is 11.3 Å². The van der Waals surface area contributed by atoms with E-state index in [1.165, 1.54) is 80.3 Å². The van der Waals surface area contributed by atoms with Crippen LogP contribution in [0.1, 0.15) is 0 Å². The minimum Gasteiger partial charge on any atom is -0.228 e. The average Bonchev–Trinajstić information content (AvgIpc) is 3.73. The number of hydrogen-bond donors (Lipinski definition) is 0.